The van der Waals surface area contributed by atoms with E-state index in [9.17, 15) is 9.59 Å². The molecule has 5 nitrogen and oxygen atoms in total. The number of benzene rings is 1. The lowest BCUT2D eigenvalue weighted by Gasteiger charge is -2.35. The van der Waals surface area contributed by atoms with Gasteiger partial charge in [0.25, 0.3) is 0 Å². The number of aryl methyl sites for hydroxylation is 1. The van der Waals surface area contributed by atoms with Gasteiger partial charge in [0, 0.05) is 6.04 Å². The molecule has 1 amide bonds. The van der Waals surface area contributed by atoms with Crippen LogP contribution in [0.15, 0.2) is 30.3 Å². The number of amides is 1. The van der Waals surface area contributed by atoms with Crippen molar-refractivity contribution >= 4 is 12.1 Å². The highest BCUT2D eigenvalue weighted by molar-refractivity contribution is 5.83. The summed E-state index contributed by atoms with van der Waals surface area (Å²) in [5, 5.41) is 0. The molecule has 1 heterocycles. The molecule has 1 aromatic rings. The molecule has 3 unspecified atom stereocenters. The molecule has 2 bridgehead atoms. The molecular weight excluding hydrogens is 342 g/mol. The summed E-state index contributed by atoms with van der Waals surface area (Å²) in [7, 11) is 0. The van der Waals surface area contributed by atoms with Crippen molar-refractivity contribution in [1.82, 2.24) is 4.90 Å². The van der Waals surface area contributed by atoms with Crippen LogP contribution in [-0.2, 0) is 20.7 Å². The molecule has 0 radical (unpaired) electrons. The number of carbonyl (C=O) groups excluding carboxylic acids is 2. The summed E-state index contributed by atoms with van der Waals surface area (Å²) < 4.78 is 11.1. The number of ether oxygens (including phenoxy) is 2. The number of hydrogen-bond donors (Lipinski definition) is 0. The number of rotatable bonds is 6. The summed E-state index contributed by atoms with van der Waals surface area (Å²) in [6.07, 6.45) is 5.21. The molecule has 1 saturated carbocycles. The highest BCUT2D eigenvalue weighted by atomic mass is 16.6. The molecule has 148 valence electrons. The van der Waals surface area contributed by atoms with Crippen molar-refractivity contribution in [2.45, 2.75) is 77.0 Å². The van der Waals surface area contributed by atoms with Crippen LogP contribution in [0.1, 0.15) is 58.4 Å². The van der Waals surface area contributed by atoms with Gasteiger partial charge in [-0.1, -0.05) is 30.3 Å². The van der Waals surface area contributed by atoms with Crippen LogP contribution in [0.25, 0.3) is 0 Å². The SMILES string of the molecule is CC(C)(C)OC(=O)N1C2CCC(C2)C1C(=O)OCCCCc1ccccc1. The van der Waals surface area contributed by atoms with Crippen LogP contribution in [0.5, 0.6) is 0 Å². The first-order valence-corrected chi connectivity index (χ1v) is 10.1. The van der Waals surface area contributed by atoms with Gasteiger partial charge in [-0.15, -0.1) is 0 Å². The number of esters is 1. The van der Waals surface area contributed by atoms with Gasteiger partial charge in [0.05, 0.1) is 6.61 Å². The van der Waals surface area contributed by atoms with Gasteiger partial charge in [-0.25, -0.2) is 9.59 Å². The van der Waals surface area contributed by atoms with Gasteiger partial charge in [-0.2, -0.15) is 0 Å². The molecule has 3 rings (SSSR count). The Labute approximate surface area is 162 Å². The van der Waals surface area contributed by atoms with Gasteiger partial charge in [-0.05, 0) is 70.8 Å². The zero-order valence-electron chi connectivity index (χ0n) is 16.6. The Kier molecular flexibility index (Phi) is 6.08. The van der Waals surface area contributed by atoms with Gasteiger partial charge < -0.3 is 9.47 Å². The quantitative estimate of drug-likeness (QED) is 0.550. The molecule has 1 aromatic carbocycles. The topological polar surface area (TPSA) is 55.8 Å². The lowest BCUT2D eigenvalue weighted by molar-refractivity contribution is -0.151. The Hall–Kier alpha value is -2.04. The van der Waals surface area contributed by atoms with E-state index in [1.807, 2.05) is 39.0 Å². The number of unbranched alkanes of at least 4 members (excludes halogenated alkanes) is 1. The van der Waals surface area contributed by atoms with Crippen LogP contribution in [0, 0.1) is 5.92 Å². The fraction of sp³-hybridized carbons (Fsp3) is 0.636. The first-order valence-electron chi connectivity index (χ1n) is 10.1. The van der Waals surface area contributed by atoms with Crippen molar-refractivity contribution in [3.63, 3.8) is 0 Å². The Morgan fingerprint density at radius 2 is 1.85 bits per heavy atom. The van der Waals surface area contributed by atoms with Crippen molar-refractivity contribution in [3.8, 4) is 0 Å². The average Bonchev–Trinajstić information content (AvgIpc) is 3.22. The number of nitrogens with zero attached hydrogens (tertiary/aromatic N) is 1. The van der Waals surface area contributed by atoms with Gasteiger partial charge >= 0.3 is 12.1 Å². The van der Waals surface area contributed by atoms with E-state index in [1.165, 1.54) is 5.56 Å². The monoisotopic (exact) mass is 373 g/mol. The zero-order valence-corrected chi connectivity index (χ0v) is 16.6. The molecule has 2 aliphatic rings. The highest BCUT2D eigenvalue weighted by Gasteiger charge is 2.53. The molecule has 1 saturated heterocycles. The molecule has 0 aromatic heterocycles. The summed E-state index contributed by atoms with van der Waals surface area (Å²) in [5.41, 5.74) is 0.734. The van der Waals surface area contributed by atoms with Crippen molar-refractivity contribution in [2.24, 2.45) is 5.92 Å². The average molecular weight is 373 g/mol. The molecule has 27 heavy (non-hydrogen) atoms. The maximum absolute atomic E-state index is 12.7. The smallest absolute Gasteiger partial charge is 0.411 e. The summed E-state index contributed by atoms with van der Waals surface area (Å²) in [4.78, 5) is 26.9. The van der Waals surface area contributed by atoms with Crippen molar-refractivity contribution in [2.75, 3.05) is 6.61 Å². The Bertz CT molecular complexity index is 652. The van der Waals surface area contributed by atoms with Gasteiger partial charge in [0.15, 0.2) is 0 Å². The first kappa shape index (κ1) is 19.7. The maximum Gasteiger partial charge on any atom is 0.411 e. The highest BCUT2D eigenvalue weighted by Crippen LogP contribution is 2.43. The minimum absolute atomic E-state index is 0.112. The third-order valence-electron chi connectivity index (χ3n) is 5.38. The van der Waals surface area contributed by atoms with Crippen LogP contribution in [0.2, 0.25) is 0 Å². The molecule has 5 heteroatoms. The van der Waals surface area contributed by atoms with Crippen molar-refractivity contribution < 1.29 is 19.1 Å². The molecule has 0 N–H and O–H groups in total. The predicted octanol–water partition coefficient (Wildman–Crippen LogP) is 4.34. The van der Waals surface area contributed by atoms with Crippen LogP contribution < -0.4 is 0 Å². The Morgan fingerprint density at radius 3 is 2.56 bits per heavy atom. The van der Waals surface area contributed by atoms with E-state index < -0.39 is 11.6 Å². The van der Waals surface area contributed by atoms with Crippen LogP contribution in [0.3, 0.4) is 0 Å². The van der Waals surface area contributed by atoms with Crippen molar-refractivity contribution in [3.05, 3.63) is 35.9 Å². The normalized spacial score (nSPS) is 24.1. The van der Waals surface area contributed by atoms with E-state index in [0.717, 1.165) is 38.5 Å². The van der Waals surface area contributed by atoms with Crippen molar-refractivity contribution in [1.29, 1.82) is 0 Å². The maximum atomic E-state index is 12.7. The Morgan fingerprint density at radius 1 is 1.11 bits per heavy atom. The van der Waals surface area contributed by atoms with Crippen LogP contribution in [0.4, 0.5) is 4.79 Å². The number of piperidine rings is 1. The summed E-state index contributed by atoms with van der Waals surface area (Å²) in [5.74, 6) is -0.0629. The summed E-state index contributed by atoms with van der Waals surface area (Å²) in [6, 6.07) is 9.94. The standard InChI is InChI=1S/C22H31NO4/c1-22(2,3)27-21(25)23-18-13-12-17(15-18)19(23)20(24)26-14-8-7-11-16-9-5-4-6-10-16/h4-6,9-10,17-19H,7-8,11-15H2,1-3H3. The lowest BCUT2D eigenvalue weighted by atomic mass is 9.99. The molecule has 3 atom stereocenters. The van der Waals surface area contributed by atoms with Gasteiger partial charge in [0.2, 0.25) is 0 Å². The summed E-state index contributed by atoms with van der Waals surface area (Å²) >= 11 is 0. The van der Waals surface area contributed by atoms with E-state index >= 15 is 0 Å². The van der Waals surface area contributed by atoms with E-state index in [4.69, 9.17) is 9.47 Å². The lowest BCUT2D eigenvalue weighted by Crippen LogP contribution is -2.51. The second kappa shape index (κ2) is 8.32. The predicted molar refractivity (Wildman–Crippen MR) is 103 cm³/mol. The largest absolute Gasteiger partial charge is 0.464 e. The molecule has 1 aliphatic heterocycles. The van der Waals surface area contributed by atoms with E-state index in [1.54, 1.807) is 4.90 Å². The molecule has 2 fully saturated rings. The third kappa shape index (κ3) is 5.02. The number of likely N-dealkylation sites (tertiary alicyclic amines) is 1. The molecular formula is C22H31NO4. The van der Waals surface area contributed by atoms with E-state index in [-0.39, 0.29) is 24.0 Å². The first-order chi connectivity index (χ1) is 12.8. The van der Waals surface area contributed by atoms with Crippen LogP contribution >= 0.6 is 0 Å². The second-order valence-corrected chi connectivity index (χ2v) is 8.67. The third-order valence-corrected chi connectivity index (χ3v) is 5.38. The van der Waals surface area contributed by atoms with E-state index in [2.05, 4.69) is 12.1 Å². The fourth-order valence-corrected chi connectivity index (χ4v) is 4.20. The second-order valence-electron chi connectivity index (χ2n) is 8.67. The minimum Gasteiger partial charge on any atom is -0.464 e. The molecule has 0 spiro atoms. The number of fused-ring (bicyclic) bond motifs is 2. The van der Waals surface area contributed by atoms with Gasteiger partial charge in [-0.3, -0.25) is 4.90 Å². The Balaban J connectivity index is 1.48. The number of hydrogen-bond acceptors (Lipinski definition) is 4. The molecule has 1 aliphatic carbocycles. The fourth-order valence-electron chi connectivity index (χ4n) is 4.20. The van der Waals surface area contributed by atoms with E-state index in [0.29, 0.717) is 6.61 Å². The van der Waals surface area contributed by atoms with Gasteiger partial charge in [0.1, 0.15) is 11.6 Å². The zero-order chi connectivity index (χ0) is 19.4. The number of carbonyl (C=O) groups is 2. The summed E-state index contributed by atoms with van der Waals surface area (Å²) in [6.45, 7) is 5.94. The van der Waals surface area contributed by atoms with Crippen LogP contribution in [-0.4, -0.2) is 41.3 Å². The minimum atomic E-state index is -0.565.